The highest BCUT2D eigenvalue weighted by molar-refractivity contribution is 6.17. The van der Waals surface area contributed by atoms with Crippen molar-refractivity contribution in [3.63, 3.8) is 0 Å². The Hall–Kier alpha value is -2.01. The molecule has 2 heterocycles. The molecule has 3 aromatic rings. The number of hydrogen-bond acceptors (Lipinski definition) is 3. The van der Waals surface area contributed by atoms with Gasteiger partial charge in [0.1, 0.15) is 17.1 Å². The van der Waals surface area contributed by atoms with Crippen LogP contribution in [0.4, 0.5) is 0 Å². The molecule has 0 aliphatic rings. The molecule has 3 rings (SSSR count). The summed E-state index contributed by atoms with van der Waals surface area (Å²) in [6.07, 6.45) is 0.710. The van der Waals surface area contributed by atoms with Crippen LogP contribution in [0.1, 0.15) is 11.5 Å². The fraction of sp³-hybridized carbons (Fsp3) is 0.333. The Morgan fingerprint density at radius 2 is 1.95 bits per heavy atom. The highest BCUT2D eigenvalue weighted by Crippen LogP contribution is 2.25. The van der Waals surface area contributed by atoms with Crippen LogP contribution in [0.3, 0.4) is 0 Å². The topological polar surface area (TPSA) is 44.9 Å². The maximum atomic E-state index is 5.92. The zero-order valence-electron chi connectivity index (χ0n) is 12.3. The van der Waals surface area contributed by atoms with E-state index in [1.807, 2.05) is 42.9 Å². The van der Waals surface area contributed by atoms with Crippen molar-refractivity contribution in [3.05, 3.63) is 35.8 Å². The molecule has 2 aromatic heterocycles. The van der Waals surface area contributed by atoms with E-state index in [4.69, 9.17) is 21.3 Å². The molecule has 0 saturated heterocycles. The van der Waals surface area contributed by atoms with Crippen LogP contribution in [0.15, 0.2) is 24.3 Å². The van der Waals surface area contributed by atoms with E-state index in [-0.39, 0.29) is 0 Å². The van der Waals surface area contributed by atoms with Gasteiger partial charge < -0.3 is 4.74 Å². The Kier molecular flexibility index (Phi) is 3.59. The quantitative estimate of drug-likeness (QED) is 0.696. The molecule has 0 N–H and O–H groups in total. The Morgan fingerprint density at radius 3 is 2.57 bits per heavy atom. The van der Waals surface area contributed by atoms with Crippen molar-refractivity contribution in [2.45, 2.75) is 13.3 Å². The number of aryl methyl sites for hydroxylation is 3. The summed E-state index contributed by atoms with van der Waals surface area (Å²) in [6, 6.07) is 7.91. The van der Waals surface area contributed by atoms with E-state index in [2.05, 4.69) is 9.67 Å². The molecule has 0 atom stereocenters. The van der Waals surface area contributed by atoms with E-state index >= 15 is 0 Å². The summed E-state index contributed by atoms with van der Waals surface area (Å²) in [5.74, 6) is 2.31. The molecule has 0 amide bonds. The number of aromatic nitrogens is 4. The van der Waals surface area contributed by atoms with E-state index < -0.39 is 0 Å². The number of imidazole rings is 1. The van der Waals surface area contributed by atoms with Gasteiger partial charge in [0.15, 0.2) is 5.65 Å². The molecule has 0 unspecified atom stereocenters. The smallest absolute Gasteiger partial charge is 0.163 e. The molecular formula is C15H17ClN4O. The minimum absolute atomic E-state index is 0.534. The van der Waals surface area contributed by atoms with Gasteiger partial charge in [0, 0.05) is 25.0 Å². The van der Waals surface area contributed by atoms with Gasteiger partial charge >= 0.3 is 0 Å². The highest BCUT2D eigenvalue weighted by atomic mass is 35.5. The number of methoxy groups -OCH3 is 1. The summed E-state index contributed by atoms with van der Waals surface area (Å²) in [7, 11) is 3.59. The summed E-state index contributed by atoms with van der Waals surface area (Å²) < 4.78 is 9.19. The Morgan fingerprint density at radius 1 is 1.24 bits per heavy atom. The van der Waals surface area contributed by atoms with Crippen molar-refractivity contribution in [2.75, 3.05) is 13.0 Å². The molecule has 6 heteroatoms. The summed E-state index contributed by atoms with van der Waals surface area (Å²) in [6.45, 7) is 1.97. The number of nitrogens with zero attached hydrogens (tertiary/aromatic N) is 4. The van der Waals surface area contributed by atoms with Crippen molar-refractivity contribution in [1.29, 1.82) is 0 Å². The van der Waals surface area contributed by atoms with E-state index in [1.165, 1.54) is 0 Å². The van der Waals surface area contributed by atoms with Gasteiger partial charge in [-0.05, 0) is 31.2 Å². The van der Waals surface area contributed by atoms with Crippen LogP contribution in [-0.2, 0) is 13.5 Å². The number of halogens is 1. The summed E-state index contributed by atoms with van der Waals surface area (Å²) >= 11 is 5.92. The van der Waals surface area contributed by atoms with Crippen molar-refractivity contribution < 1.29 is 4.74 Å². The lowest BCUT2D eigenvalue weighted by Crippen LogP contribution is -2.06. The van der Waals surface area contributed by atoms with E-state index in [9.17, 15) is 0 Å². The van der Waals surface area contributed by atoms with Crippen LogP contribution in [-0.4, -0.2) is 32.3 Å². The van der Waals surface area contributed by atoms with Gasteiger partial charge in [0.05, 0.1) is 12.8 Å². The molecule has 0 spiro atoms. The molecule has 0 aliphatic heterocycles. The summed E-state index contributed by atoms with van der Waals surface area (Å²) in [4.78, 5) is 4.71. The van der Waals surface area contributed by atoms with E-state index in [0.717, 1.165) is 34.1 Å². The molecule has 0 saturated carbocycles. The lowest BCUT2D eigenvalue weighted by atomic mass is 10.3. The predicted molar refractivity (Wildman–Crippen MR) is 83.5 cm³/mol. The lowest BCUT2D eigenvalue weighted by Gasteiger charge is -2.10. The van der Waals surface area contributed by atoms with Crippen LogP contribution in [0.5, 0.6) is 5.75 Å². The maximum absolute atomic E-state index is 5.92. The minimum Gasteiger partial charge on any atom is -0.497 e. The van der Waals surface area contributed by atoms with Crippen LogP contribution >= 0.6 is 11.6 Å². The van der Waals surface area contributed by atoms with Crippen LogP contribution in [0, 0.1) is 6.92 Å². The van der Waals surface area contributed by atoms with Gasteiger partial charge in [-0.25, -0.2) is 9.67 Å². The number of benzene rings is 1. The lowest BCUT2D eigenvalue weighted by molar-refractivity contribution is 0.414. The molecule has 5 nitrogen and oxygen atoms in total. The van der Waals surface area contributed by atoms with Gasteiger partial charge in [-0.2, -0.15) is 5.10 Å². The standard InChI is InChI=1S/C15H17ClN4O/c1-10-14-15(19(2)18-10)20(13(17-14)8-9-16)11-4-6-12(21-3)7-5-11/h4-7H,8-9H2,1-3H3. The molecule has 0 aliphatic carbocycles. The highest BCUT2D eigenvalue weighted by Gasteiger charge is 2.18. The summed E-state index contributed by atoms with van der Waals surface area (Å²) in [5, 5.41) is 4.45. The van der Waals surface area contributed by atoms with Crippen LogP contribution in [0.25, 0.3) is 16.9 Å². The third-order valence-corrected chi connectivity index (χ3v) is 3.71. The first kappa shape index (κ1) is 13.9. The molecule has 1 aromatic carbocycles. The second-order valence-electron chi connectivity index (χ2n) is 4.88. The first-order valence-electron chi connectivity index (χ1n) is 6.77. The van der Waals surface area contributed by atoms with Crippen LogP contribution in [0.2, 0.25) is 0 Å². The third-order valence-electron chi connectivity index (χ3n) is 3.52. The first-order valence-corrected chi connectivity index (χ1v) is 7.30. The second-order valence-corrected chi connectivity index (χ2v) is 5.26. The minimum atomic E-state index is 0.534. The second kappa shape index (κ2) is 5.41. The fourth-order valence-electron chi connectivity index (χ4n) is 2.57. The van der Waals surface area contributed by atoms with Crippen molar-refractivity contribution in [3.8, 4) is 11.4 Å². The van der Waals surface area contributed by atoms with Gasteiger partial charge in [-0.15, -0.1) is 11.6 Å². The SMILES string of the molecule is COc1ccc(-n2c(CCCl)nc3c(C)nn(C)c32)cc1. The predicted octanol–water partition coefficient (Wildman–Crippen LogP) is 2.86. The average molecular weight is 305 g/mol. The zero-order valence-corrected chi connectivity index (χ0v) is 13.1. The van der Waals surface area contributed by atoms with Gasteiger partial charge in [-0.3, -0.25) is 4.57 Å². The number of fused-ring (bicyclic) bond motifs is 1. The average Bonchev–Trinajstić information content (AvgIpc) is 2.98. The largest absolute Gasteiger partial charge is 0.497 e. The Balaban J connectivity index is 2.24. The van der Waals surface area contributed by atoms with Crippen molar-refractivity contribution in [2.24, 2.45) is 7.05 Å². The summed E-state index contributed by atoms with van der Waals surface area (Å²) in [5.41, 5.74) is 3.86. The normalized spacial score (nSPS) is 11.2. The molecule has 0 radical (unpaired) electrons. The monoisotopic (exact) mass is 304 g/mol. The van der Waals surface area contributed by atoms with Gasteiger partial charge in [-0.1, -0.05) is 0 Å². The van der Waals surface area contributed by atoms with Crippen LogP contribution < -0.4 is 4.74 Å². The Bertz CT molecular complexity index is 773. The number of hydrogen-bond donors (Lipinski definition) is 0. The maximum Gasteiger partial charge on any atom is 0.163 e. The molecular weight excluding hydrogens is 288 g/mol. The molecule has 0 bridgehead atoms. The molecule has 110 valence electrons. The van der Waals surface area contributed by atoms with Gasteiger partial charge in [0.25, 0.3) is 0 Å². The molecule has 21 heavy (non-hydrogen) atoms. The first-order chi connectivity index (χ1) is 10.2. The van der Waals surface area contributed by atoms with Crippen molar-refractivity contribution >= 4 is 22.8 Å². The van der Waals surface area contributed by atoms with E-state index in [0.29, 0.717) is 12.3 Å². The van der Waals surface area contributed by atoms with E-state index in [1.54, 1.807) is 7.11 Å². The third kappa shape index (κ3) is 2.27. The van der Waals surface area contributed by atoms with Gasteiger partial charge in [0.2, 0.25) is 0 Å². The Labute approximate surface area is 128 Å². The van der Waals surface area contributed by atoms with Crippen molar-refractivity contribution in [1.82, 2.24) is 19.3 Å². The fourth-order valence-corrected chi connectivity index (χ4v) is 2.74. The number of rotatable bonds is 4. The zero-order chi connectivity index (χ0) is 15.0. The number of alkyl halides is 1. The molecule has 0 fully saturated rings. The number of ether oxygens (including phenoxy) is 1.